The van der Waals surface area contributed by atoms with Gasteiger partial charge in [0.1, 0.15) is 17.5 Å². The van der Waals surface area contributed by atoms with Gasteiger partial charge in [0.05, 0.1) is 13.3 Å². The van der Waals surface area contributed by atoms with Crippen LogP contribution in [0.2, 0.25) is 0 Å². The van der Waals surface area contributed by atoms with Crippen molar-refractivity contribution in [3.63, 3.8) is 0 Å². The van der Waals surface area contributed by atoms with Crippen LogP contribution in [-0.2, 0) is 4.79 Å². The van der Waals surface area contributed by atoms with Gasteiger partial charge in [-0.2, -0.15) is 4.98 Å². The van der Waals surface area contributed by atoms with E-state index in [0.29, 0.717) is 29.2 Å². The minimum absolute atomic E-state index is 0.0179. The van der Waals surface area contributed by atoms with Crippen molar-refractivity contribution in [3.05, 3.63) is 36.0 Å². The molecule has 1 aromatic heterocycles. The highest BCUT2D eigenvalue weighted by Gasteiger charge is 2.38. The zero-order valence-electron chi connectivity index (χ0n) is 17.3. The maximum absolute atomic E-state index is 12.7. The summed E-state index contributed by atoms with van der Waals surface area (Å²) in [7, 11) is 3.27. The Hall–Kier alpha value is -3.36. The highest BCUT2D eigenvalue weighted by atomic mass is 16.5. The van der Waals surface area contributed by atoms with E-state index in [0.717, 1.165) is 0 Å². The molecule has 2 N–H and O–H groups in total. The number of likely N-dealkylation sites (N-methyl/N-ethyl adjacent to an activating group) is 1. The van der Waals surface area contributed by atoms with Crippen LogP contribution < -0.4 is 25.4 Å². The number of hydrogen-bond acceptors (Lipinski definition) is 7. The maximum Gasteiger partial charge on any atom is 0.269 e. The monoisotopic (exact) mass is 398 g/mol. The topological polar surface area (TPSA) is 99.7 Å². The number of rotatable bonds is 6. The number of carbonyl (C=O) groups is 2. The number of hydrogen-bond donors (Lipinski definition) is 2. The summed E-state index contributed by atoms with van der Waals surface area (Å²) in [5.74, 6) is 1.16. The van der Waals surface area contributed by atoms with Crippen LogP contribution in [0.15, 0.2) is 30.5 Å². The summed E-state index contributed by atoms with van der Waals surface area (Å²) in [6, 6.07) is 6.60. The number of benzene rings is 1. The highest BCUT2D eigenvalue weighted by molar-refractivity contribution is 6.04. The molecule has 0 radical (unpaired) electrons. The Bertz CT molecular complexity index is 917. The summed E-state index contributed by atoms with van der Waals surface area (Å²) in [4.78, 5) is 37.5. The van der Waals surface area contributed by atoms with E-state index in [2.05, 4.69) is 20.8 Å². The van der Waals surface area contributed by atoms with Crippen molar-refractivity contribution < 1.29 is 14.3 Å². The van der Waals surface area contributed by atoms with Gasteiger partial charge >= 0.3 is 0 Å². The highest BCUT2D eigenvalue weighted by Crippen LogP contribution is 2.35. The van der Waals surface area contributed by atoms with Gasteiger partial charge in [0.15, 0.2) is 5.82 Å². The summed E-state index contributed by atoms with van der Waals surface area (Å²) < 4.78 is 5.14. The Morgan fingerprint density at radius 2 is 2.10 bits per heavy atom. The Morgan fingerprint density at radius 1 is 1.34 bits per heavy atom. The number of nitrogens with one attached hydrogen (secondary N) is 2. The molecule has 0 unspecified atom stereocenters. The van der Waals surface area contributed by atoms with Gasteiger partial charge in [-0.05, 0) is 38.5 Å². The van der Waals surface area contributed by atoms with Crippen molar-refractivity contribution in [2.75, 3.05) is 29.4 Å². The SMILES string of the molecule is CC[C@@H]1C(=O)N(C)c2cnc(NNC(=O)c3cccc(OC)c3)nc2N1C(C)C. The first-order chi connectivity index (χ1) is 13.9. The Morgan fingerprint density at radius 3 is 2.76 bits per heavy atom. The van der Waals surface area contributed by atoms with Gasteiger partial charge in [-0.25, -0.2) is 4.98 Å². The summed E-state index contributed by atoms with van der Waals surface area (Å²) in [6.07, 6.45) is 2.25. The second-order valence-electron chi connectivity index (χ2n) is 7.04. The number of amides is 2. The fourth-order valence-electron chi connectivity index (χ4n) is 3.39. The lowest BCUT2D eigenvalue weighted by molar-refractivity contribution is -0.120. The van der Waals surface area contributed by atoms with Gasteiger partial charge < -0.3 is 14.5 Å². The molecule has 0 aliphatic carbocycles. The Balaban J connectivity index is 1.83. The smallest absolute Gasteiger partial charge is 0.269 e. The molecule has 2 amide bonds. The van der Waals surface area contributed by atoms with Crippen molar-refractivity contribution >= 4 is 29.3 Å². The summed E-state index contributed by atoms with van der Waals surface area (Å²) >= 11 is 0. The summed E-state index contributed by atoms with van der Waals surface area (Å²) in [5.41, 5.74) is 6.43. The summed E-state index contributed by atoms with van der Waals surface area (Å²) in [5, 5.41) is 0. The number of hydrazine groups is 1. The Labute approximate surface area is 170 Å². The molecule has 0 saturated heterocycles. The van der Waals surface area contributed by atoms with Gasteiger partial charge in [-0.15, -0.1) is 0 Å². The first kappa shape index (κ1) is 20.4. The molecule has 1 atom stereocenters. The zero-order valence-corrected chi connectivity index (χ0v) is 17.3. The van der Waals surface area contributed by atoms with Gasteiger partial charge in [0.25, 0.3) is 5.91 Å². The molecule has 9 heteroatoms. The molecule has 0 saturated carbocycles. The predicted molar refractivity (Wildman–Crippen MR) is 111 cm³/mol. The van der Waals surface area contributed by atoms with Crippen molar-refractivity contribution in [1.29, 1.82) is 0 Å². The molecule has 1 aliphatic rings. The third kappa shape index (κ3) is 3.94. The largest absolute Gasteiger partial charge is 0.497 e. The van der Waals surface area contributed by atoms with E-state index in [-0.39, 0.29) is 29.8 Å². The lowest BCUT2D eigenvalue weighted by Gasteiger charge is -2.42. The van der Waals surface area contributed by atoms with E-state index in [4.69, 9.17) is 4.74 Å². The van der Waals surface area contributed by atoms with E-state index in [1.165, 1.54) is 0 Å². The van der Waals surface area contributed by atoms with Gasteiger partial charge in [-0.1, -0.05) is 13.0 Å². The fourth-order valence-corrected chi connectivity index (χ4v) is 3.39. The second kappa shape index (κ2) is 8.34. The third-order valence-corrected chi connectivity index (χ3v) is 4.87. The number of anilines is 3. The number of methoxy groups -OCH3 is 1. The Kier molecular flexibility index (Phi) is 5.86. The van der Waals surface area contributed by atoms with Crippen LogP contribution in [0.5, 0.6) is 5.75 Å². The number of ether oxygens (including phenoxy) is 1. The minimum atomic E-state index is -0.343. The van der Waals surface area contributed by atoms with E-state index < -0.39 is 0 Å². The van der Waals surface area contributed by atoms with Crippen LogP contribution in [-0.4, -0.2) is 48.0 Å². The average molecular weight is 398 g/mol. The first-order valence-electron chi connectivity index (χ1n) is 9.50. The fraction of sp³-hybridized carbons (Fsp3) is 0.400. The van der Waals surface area contributed by atoms with Crippen molar-refractivity contribution in [1.82, 2.24) is 15.4 Å². The molecule has 9 nitrogen and oxygen atoms in total. The second-order valence-corrected chi connectivity index (χ2v) is 7.04. The number of carbonyl (C=O) groups excluding carboxylic acids is 2. The number of aromatic nitrogens is 2. The third-order valence-electron chi connectivity index (χ3n) is 4.87. The predicted octanol–water partition coefficient (Wildman–Crippen LogP) is 2.21. The van der Waals surface area contributed by atoms with E-state index in [1.807, 2.05) is 25.7 Å². The van der Waals surface area contributed by atoms with Crippen LogP contribution in [0.1, 0.15) is 37.6 Å². The van der Waals surface area contributed by atoms with Crippen LogP contribution in [0.3, 0.4) is 0 Å². The minimum Gasteiger partial charge on any atom is -0.497 e. The first-order valence-corrected chi connectivity index (χ1v) is 9.50. The number of fused-ring (bicyclic) bond motifs is 1. The van der Waals surface area contributed by atoms with E-state index in [1.54, 1.807) is 49.5 Å². The quantitative estimate of drug-likeness (QED) is 0.720. The molecule has 0 spiro atoms. The van der Waals surface area contributed by atoms with Crippen molar-refractivity contribution in [2.45, 2.75) is 39.3 Å². The van der Waals surface area contributed by atoms with Crippen molar-refractivity contribution in [3.8, 4) is 5.75 Å². The molecular formula is C20H26N6O3. The van der Waals surface area contributed by atoms with E-state index in [9.17, 15) is 9.59 Å². The molecule has 1 aromatic carbocycles. The van der Waals surface area contributed by atoms with Crippen LogP contribution >= 0.6 is 0 Å². The zero-order chi connectivity index (χ0) is 21.1. The number of nitrogens with zero attached hydrogens (tertiary/aromatic N) is 4. The molecule has 0 fully saturated rings. The summed E-state index contributed by atoms with van der Waals surface area (Å²) in [6.45, 7) is 6.01. The normalized spacial score (nSPS) is 15.9. The maximum atomic E-state index is 12.7. The molecule has 3 rings (SSSR count). The average Bonchev–Trinajstić information content (AvgIpc) is 2.73. The van der Waals surface area contributed by atoms with Gasteiger partial charge in [0.2, 0.25) is 11.9 Å². The lowest BCUT2D eigenvalue weighted by Crippen LogP contribution is -2.55. The van der Waals surface area contributed by atoms with Crippen LogP contribution in [0, 0.1) is 0 Å². The molecule has 0 bridgehead atoms. The molecule has 2 aromatic rings. The molecule has 154 valence electrons. The van der Waals surface area contributed by atoms with Gasteiger partial charge in [0, 0.05) is 18.7 Å². The van der Waals surface area contributed by atoms with Crippen LogP contribution in [0.4, 0.5) is 17.5 Å². The van der Waals surface area contributed by atoms with Gasteiger partial charge in [-0.3, -0.25) is 20.4 Å². The van der Waals surface area contributed by atoms with E-state index >= 15 is 0 Å². The van der Waals surface area contributed by atoms with Crippen LogP contribution in [0.25, 0.3) is 0 Å². The standard InChI is InChI=1S/C20H26N6O3/c1-6-15-19(28)25(4)16-11-21-20(22-17(16)26(15)12(2)3)24-23-18(27)13-8-7-9-14(10-13)29-5/h7-12,15H,6H2,1-5H3,(H,23,27)(H,21,22,24)/t15-/m1/s1. The molecule has 1 aliphatic heterocycles. The van der Waals surface area contributed by atoms with Crippen molar-refractivity contribution in [2.24, 2.45) is 0 Å². The molecule has 2 heterocycles. The molecule has 29 heavy (non-hydrogen) atoms. The lowest BCUT2D eigenvalue weighted by atomic mass is 10.1. The molecular weight excluding hydrogens is 372 g/mol.